The normalized spacial score (nSPS) is 14.0. The van der Waals surface area contributed by atoms with Crippen LogP contribution in [-0.2, 0) is 30.4 Å². The highest BCUT2D eigenvalue weighted by Gasteiger charge is 2.33. The first-order valence-corrected chi connectivity index (χ1v) is 9.57. The second-order valence-corrected chi connectivity index (χ2v) is 7.71. The number of hydrogen-bond donors (Lipinski definition) is 1. The maximum absolute atomic E-state index is 12.3. The first-order valence-electron chi connectivity index (χ1n) is 7.78. The molecule has 1 N–H and O–H groups in total. The van der Waals surface area contributed by atoms with Crippen LogP contribution in [0.3, 0.4) is 0 Å². The van der Waals surface area contributed by atoms with Gasteiger partial charge in [0.05, 0.1) is 17.6 Å². The van der Waals surface area contributed by atoms with Crippen molar-refractivity contribution in [3.05, 3.63) is 64.7 Å². The minimum absolute atomic E-state index is 0.0263. The number of benzene rings is 2. The zero-order valence-electron chi connectivity index (χ0n) is 14.3. The number of ether oxygens (including phenoxy) is 1. The van der Waals surface area contributed by atoms with Gasteiger partial charge >= 0.3 is 5.97 Å². The average Bonchev–Trinajstić information content (AvgIpc) is 2.59. The van der Waals surface area contributed by atoms with E-state index in [4.69, 9.17) is 20.5 Å². The minimum Gasteiger partial charge on any atom is -0.479 e. The lowest BCUT2D eigenvalue weighted by atomic mass is 10.2. The zero-order valence-corrected chi connectivity index (χ0v) is 15.8. The smallest absolute Gasteiger partial charge is 0.337 e. The molecule has 0 heterocycles. The van der Waals surface area contributed by atoms with Gasteiger partial charge in [-0.15, -0.1) is 0 Å². The maximum Gasteiger partial charge on any atom is 0.337 e. The van der Waals surface area contributed by atoms with Crippen LogP contribution in [-0.4, -0.2) is 31.7 Å². The molecular formula is C18H19ClO6S. The molecule has 0 radical (unpaired) electrons. The Morgan fingerprint density at radius 3 is 2.35 bits per heavy atom. The summed E-state index contributed by atoms with van der Waals surface area (Å²) in [7, 11) is -4.24. The summed E-state index contributed by atoms with van der Waals surface area (Å²) >= 11 is 6.03. The summed E-state index contributed by atoms with van der Waals surface area (Å²) in [5, 5.41) is 9.83. The third-order valence-corrected chi connectivity index (χ3v) is 5.35. The lowest BCUT2D eigenvalue weighted by Crippen LogP contribution is -2.38. The SMILES string of the molecule is Cc1ccc(S(=O)(=O)OC(C(=O)O)C(C)OCc2ccccc2Cl)cc1. The third-order valence-electron chi connectivity index (χ3n) is 3.67. The van der Waals surface area contributed by atoms with E-state index >= 15 is 0 Å². The lowest BCUT2D eigenvalue weighted by molar-refractivity contribution is -0.152. The number of aryl methyl sites for hydroxylation is 1. The fourth-order valence-corrected chi connectivity index (χ4v) is 3.42. The van der Waals surface area contributed by atoms with Gasteiger partial charge in [-0.05, 0) is 37.6 Å². The number of halogens is 1. The Balaban J connectivity index is 2.11. The van der Waals surface area contributed by atoms with Crippen molar-refractivity contribution in [1.29, 1.82) is 0 Å². The fraction of sp³-hybridized carbons (Fsp3) is 0.278. The molecule has 2 rings (SSSR count). The summed E-state index contributed by atoms with van der Waals surface area (Å²) in [6, 6.07) is 12.9. The molecule has 0 aliphatic carbocycles. The highest BCUT2D eigenvalue weighted by atomic mass is 35.5. The topological polar surface area (TPSA) is 89.9 Å². The second-order valence-electron chi connectivity index (χ2n) is 5.73. The average molecular weight is 399 g/mol. The maximum atomic E-state index is 12.3. The highest BCUT2D eigenvalue weighted by Crippen LogP contribution is 2.20. The Hall–Kier alpha value is -1.93. The number of aliphatic carboxylic acids is 1. The molecule has 2 aromatic carbocycles. The fourth-order valence-electron chi connectivity index (χ4n) is 2.14. The summed E-state index contributed by atoms with van der Waals surface area (Å²) in [4.78, 5) is 11.4. The van der Waals surface area contributed by atoms with E-state index in [9.17, 15) is 18.3 Å². The predicted octanol–water partition coefficient (Wildman–Crippen LogP) is 3.41. The van der Waals surface area contributed by atoms with Crippen molar-refractivity contribution in [1.82, 2.24) is 0 Å². The lowest BCUT2D eigenvalue weighted by Gasteiger charge is -2.21. The minimum atomic E-state index is -4.24. The third kappa shape index (κ3) is 5.28. The summed E-state index contributed by atoms with van der Waals surface area (Å²) < 4.78 is 35.1. The van der Waals surface area contributed by atoms with E-state index in [1.54, 1.807) is 36.4 Å². The van der Waals surface area contributed by atoms with E-state index in [0.717, 1.165) is 5.56 Å². The van der Waals surface area contributed by atoms with E-state index in [1.807, 2.05) is 6.92 Å². The molecule has 6 nitrogen and oxygen atoms in total. The monoisotopic (exact) mass is 398 g/mol. The van der Waals surface area contributed by atoms with Crippen molar-refractivity contribution >= 4 is 27.7 Å². The number of rotatable bonds is 8. The Kier molecular flexibility index (Phi) is 6.77. The van der Waals surface area contributed by atoms with E-state index < -0.39 is 28.3 Å². The molecule has 0 amide bonds. The van der Waals surface area contributed by atoms with Crippen LogP contribution in [0, 0.1) is 6.92 Å². The molecule has 0 aliphatic rings. The predicted molar refractivity (Wildman–Crippen MR) is 96.6 cm³/mol. The van der Waals surface area contributed by atoms with Crippen LogP contribution >= 0.6 is 11.6 Å². The Morgan fingerprint density at radius 2 is 1.77 bits per heavy atom. The van der Waals surface area contributed by atoms with Gasteiger partial charge in [0, 0.05) is 5.02 Å². The van der Waals surface area contributed by atoms with Crippen LogP contribution < -0.4 is 0 Å². The van der Waals surface area contributed by atoms with Gasteiger partial charge in [-0.3, -0.25) is 0 Å². The van der Waals surface area contributed by atoms with Gasteiger partial charge in [0.15, 0.2) is 6.10 Å². The molecule has 0 bridgehead atoms. The second kappa shape index (κ2) is 8.64. The van der Waals surface area contributed by atoms with Crippen molar-refractivity contribution in [3.63, 3.8) is 0 Å². The molecule has 0 saturated heterocycles. The first-order chi connectivity index (χ1) is 12.2. The molecule has 2 atom stereocenters. The largest absolute Gasteiger partial charge is 0.479 e. The van der Waals surface area contributed by atoms with E-state index in [0.29, 0.717) is 10.6 Å². The molecule has 140 valence electrons. The standard InChI is InChI=1S/C18H19ClO6S/c1-12-7-9-15(10-8-12)26(22,23)25-17(18(20)21)13(2)24-11-14-5-3-4-6-16(14)19/h3-10,13,17H,11H2,1-2H3,(H,20,21). The van der Waals surface area contributed by atoms with Crippen molar-refractivity contribution < 1.29 is 27.2 Å². The van der Waals surface area contributed by atoms with Crippen LogP contribution in [0.1, 0.15) is 18.1 Å². The summed E-state index contributed by atoms with van der Waals surface area (Å²) in [5.41, 5.74) is 1.53. The number of hydrogen-bond acceptors (Lipinski definition) is 5. The van der Waals surface area contributed by atoms with E-state index in [2.05, 4.69) is 0 Å². The van der Waals surface area contributed by atoms with Crippen LogP contribution in [0.5, 0.6) is 0 Å². The number of carbonyl (C=O) groups is 1. The molecule has 8 heteroatoms. The van der Waals surface area contributed by atoms with Crippen LogP contribution in [0.15, 0.2) is 53.4 Å². The Labute approximate surface area is 157 Å². The molecule has 26 heavy (non-hydrogen) atoms. The van der Waals surface area contributed by atoms with Crippen molar-refractivity contribution in [2.24, 2.45) is 0 Å². The summed E-state index contributed by atoms with van der Waals surface area (Å²) in [6.45, 7) is 3.26. The number of carboxylic acid groups (broad SMARTS) is 1. The van der Waals surface area contributed by atoms with Crippen molar-refractivity contribution in [2.45, 2.75) is 37.6 Å². The molecule has 0 aliphatic heterocycles. The molecule has 0 fully saturated rings. The van der Waals surface area contributed by atoms with E-state index in [-0.39, 0.29) is 11.5 Å². The first kappa shape index (κ1) is 20.4. The molecular weight excluding hydrogens is 380 g/mol. The number of carboxylic acids is 1. The van der Waals surface area contributed by atoms with Gasteiger partial charge in [0.1, 0.15) is 0 Å². The zero-order chi connectivity index (χ0) is 19.3. The van der Waals surface area contributed by atoms with E-state index in [1.165, 1.54) is 19.1 Å². The van der Waals surface area contributed by atoms with Gasteiger partial charge in [-0.1, -0.05) is 47.5 Å². The molecule has 2 aromatic rings. The van der Waals surface area contributed by atoms with Crippen LogP contribution in [0.2, 0.25) is 5.02 Å². The van der Waals surface area contributed by atoms with Gasteiger partial charge in [0.2, 0.25) is 0 Å². The Morgan fingerprint density at radius 1 is 1.15 bits per heavy atom. The summed E-state index contributed by atoms with van der Waals surface area (Å²) in [5.74, 6) is -1.44. The molecule has 0 aromatic heterocycles. The molecule has 2 unspecified atom stereocenters. The van der Waals surface area contributed by atoms with Crippen molar-refractivity contribution in [2.75, 3.05) is 0 Å². The van der Waals surface area contributed by atoms with Gasteiger partial charge in [0.25, 0.3) is 10.1 Å². The van der Waals surface area contributed by atoms with Crippen LogP contribution in [0.25, 0.3) is 0 Å². The molecule has 0 spiro atoms. The van der Waals surface area contributed by atoms with Gasteiger partial charge in [-0.2, -0.15) is 8.42 Å². The van der Waals surface area contributed by atoms with Gasteiger partial charge < -0.3 is 9.84 Å². The quantitative estimate of drug-likeness (QED) is 0.685. The Bertz CT molecular complexity index is 864. The van der Waals surface area contributed by atoms with Crippen LogP contribution in [0.4, 0.5) is 0 Å². The summed E-state index contributed by atoms with van der Waals surface area (Å²) in [6.07, 6.45) is -2.72. The molecule has 0 saturated carbocycles. The highest BCUT2D eigenvalue weighted by molar-refractivity contribution is 7.86. The van der Waals surface area contributed by atoms with Crippen molar-refractivity contribution in [3.8, 4) is 0 Å². The van der Waals surface area contributed by atoms with Gasteiger partial charge in [-0.25, -0.2) is 8.98 Å².